The fraction of sp³-hybridized carbons (Fsp3) is 0.571. The third kappa shape index (κ3) is 3.58. The Morgan fingerprint density at radius 1 is 1.45 bits per heavy atom. The van der Waals surface area contributed by atoms with E-state index in [1.54, 1.807) is 11.3 Å². The number of nitrogen functional groups attached to an aromatic ring is 1. The van der Waals surface area contributed by atoms with E-state index in [0.29, 0.717) is 18.3 Å². The van der Waals surface area contributed by atoms with Gasteiger partial charge in [0, 0.05) is 11.4 Å². The van der Waals surface area contributed by atoms with Gasteiger partial charge in [-0.3, -0.25) is 0 Å². The summed E-state index contributed by atoms with van der Waals surface area (Å²) >= 11 is 1.59. The van der Waals surface area contributed by atoms with Crippen molar-refractivity contribution in [3.63, 3.8) is 0 Å². The number of aromatic nitrogens is 2. The second kappa shape index (κ2) is 5.54. The number of rotatable bonds is 5. The van der Waals surface area contributed by atoms with Crippen LogP contribution in [-0.4, -0.2) is 27.2 Å². The van der Waals surface area contributed by atoms with Gasteiger partial charge in [0.15, 0.2) is 0 Å². The molecule has 0 radical (unpaired) electrons. The van der Waals surface area contributed by atoms with Gasteiger partial charge in [0.25, 0.3) is 0 Å². The lowest BCUT2D eigenvalue weighted by Crippen LogP contribution is -2.35. The molecule has 0 aromatic carbocycles. The molecule has 0 aliphatic heterocycles. The molecule has 4 N–H and O–H groups in total. The Morgan fingerprint density at radius 2 is 2.15 bits per heavy atom. The van der Waals surface area contributed by atoms with Crippen molar-refractivity contribution in [2.75, 3.05) is 17.6 Å². The molecule has 0 fully saturated rings. The quantitative estimate of drug-likeness (QED) is 0.789. The minimum Gasteiger partial charge on any atom is -0.388 e. The van der Waals surface area contributed by atoms with Crippen LogP contribution in [0.2, 0.25) is 0 Å². The average molecular weight is 294 g/mol. The highest BCUT2D eigenvalue weighted by Crippen LogP contribution is 2.29. The zero-order valence-electron chi connectivity index (χ0n) is 12.4. The van der Waals surface area contributed by atoms with Crippen LogP contribution in [0.25, 0.3) is 10.2 Å². The number of nitrogens with two attached hydrogens (primary N) is 1. The lowest BCUT2D eigenvalue weighted by molar-refractivity contribution is 0.0515. The zero-order chi connectivity index (χ0) is 14.9. The van der Waals surface area contributed by atoms with Gasteiger partial charge in [-0.2, -0.15) is 4.98 Å². The molecule has 0 aliphatic carbocycles. The lowest BCUT2D eigenvalue weighted by Gasteiger charge is -2.26. The minimum absolute atomic E-state index is 0.255. The minimum atomic E-state index is -0.773. The van der Waals surface area contributed by atoms with Crippen LogP contribution in [-0.2, 0) is 0 Å². The van der Waals surface area contributed by atoms with Crippen LogP contribution >= 0.6 is 11.3 Å². The molecular weight excluding hydrogens is 272 g/mol. The maximum absolute atomic E-state index is 10.4. The molecule has 0 aliphatic rings. The maximum atomic E-state index is 10.4. The molecule has 0 spiro atoms. The van der Waals surface area contributed by atoms with Gasteiger partial charge in [-0.15, -0.1) is 11.3 Å². The first-order valence-corrected chi connectivity index (χ1v) is 7.58. The van der Waals surface area contributed by atoms with Gasteiger partial charge in [-0.1, -0.05) is 13.8 Å². The number of hydrogen-bond donors (Lipinski definition) is 3. The highest BCUT2D eigenvalue weighted by molar-refractivity contribution is 7.18. The van der Waals surface area contributed by atoms with Crippen molar-refractivity contribution >= 4 is 33.3 Å². The Morgan fingerprint density at radius 3 is 2.80 bits per heavy atom. The molecule has 2 aromatic rings. The van der Waals surface area contributed by atoms with Gasteiger partial charge in [-0.25, -0.2) is 4.98 Å². The second-order valence-electron chi connectivity index (χ2n) is 5.95. The molecule has 2 aromatic heterocycles. The molecule has 5 nitrogen and oxygen atoms in total. The van der Waals surface area contributed by atoms with E-state index in [1.165, 1.54) is 0 Å². The van der Waals surface area contributed by atoms with Gasteiger partial charge in [0.1, 0.15) is 10.6 Å². The molecule has 1 unspecified atom stereocenters. The normalized spacial score (nSPS) is 14.7. The van der Waals surface area contributed by atoms with E-state index in [1.807, 2.05) is 19.9 Å². The third-order valence-corrected chi connectivity index (χ3v) is 3.96. The molecule has 110 valence electrons. The summed E-state index contributed by atoms with van der Waals surface area (Å²) in [5.74, 6) is 1.39. The van der Waals surface area contributed by atoms with Crippen molar-refractivity contribution in [3.05, 3.63) is 10.9 Å². The Labute approximate surface area is 123 Å². The van der Waals surface area contributed by atoms with Crippen molar-refractivity contribution in [1.29, 1.82) is 0 Å². The van der Waals surface area contributed by atoms with E-state index in [0.717, 1.165) is 21.5 Å². The van der Waals surface area contributed by atoms with E-state index < -0.39 is 5.60 Å². The first kappa shape index (κ1) is 15.0. The number of aryl methyl sites for hydroxylation is 1. The highest BCUT2D eigenvalue weighted by Gasteiger charge is 2.22. The van der Waals surface area contributed by atoms with Gasteiger partial charge in [-0.05, 0) is 32.3 Å². The summed E-state index contributed by atoms with van der Waals surface area (Å²) in [5.41, 5.74) is 4.96. The van der Waals surface area contributed by atoms with Crippen LogP contribution in [0.5, 0.6) is 0 Å². The summed E-state index contributed by atoms with van der Waals surface area (Å²) in [6.07, 6.45) is 0.729. The van der Waals surface area contributed by atoms with Crippen LogP contribution in [0.4, 0.5) is 11.8 Å². The van der Waals surface area contributed by atoms with Gasteiger partial charge < -0.3 is 16.2 Å². The fourth-order valence-electron chi connectivity index (χ4n) is 2.42. The van der Waals surface area contributed by atoms with Crippen molar-refractivity contribution in [3.8, 4) is 0 Å². The molecule has 2 heterocycles. The molecular formula is C14H22N4OS. The summed E-state index contributed by atoms with van der Waals surface area (Å²) in [5, 5.41) is 14.5. The predicted molar refractivity (Wildman–Crippen MR) is 85.1 cm³/mol. The van der Waals surface area contributed by atoms with Gasteiger partial charge in [0.2, 0.25) is 5.95 Å². The summed E-state index contributed by atoms with van der Waals surface area (Å²) in [4.78, 5) is 10.5. The fourth-order valence-corrected chi connectivity index (χ4v) is 3.31. The molecule has 0 saturated carbocycles. The third-order valence-electron chi connectivity index (χ3n) is 3.02. The first-order valence-electron chi connectivity index (χ1n) is 6.77. The number of hydrogen-bond acceptors (Lipinski definition) is 6. The maximum Gasteiger partial charge on any atom is 0.223 e. The summed E-state index contributed by atoms with van der Waals surface area (Å²) in [7, 11) is 0. The number of nitrogens with one attached hydrogen (secondary N) is 1. The number of anilines is 2. The van der Waals surface area contributed by atoms with E-state index >= 15 is 0 Å². The Kier molecular flexibility index (Phi) is 4.15. The Bertz CT molecular complexity index is 606. The van der Waals surface area contributed by atoms with E-state index in [2.05, 4.69) is 29.1 Å². The molecule has 0 bridgehead atoms. The summed E-state index contributed by atoms with van der Waals surface area (Å²) in [6, 6.07) is 2.04. The number of thiophene rings is 1. The van der Waals surface area contributed by atoms with Crippen LogP contribution in [0.3, 0.4) is 0 Å². The van der Waals surface area contributed by atoms with Crippen molar-refractivity contribution in [2.24, 2.45) is 5.92 Å². The molecule has 0 saturated heterocycles. The van der Waals surface area contributed by atoms with Gasteiger partial charge in [0.05, 0.1) is 11.0 Å². The van der Waals surface area contributed by atoms with E-state index in [4.69, 9.17) is 5.73 Å². The summed E-state index contributed by atoms with van der Waals surface area (Å²) in [6.45, 7) is 8.49. The van der Waals surface area contributed by atoms with E-state index in [9.17, 15) is 5.11 Å². The smallest absolute Gasteiger partial charge is 0.223 e. The Hall–Kier alpha value is -1.40. The number of aliphatic hydroxyl groups is 1. The zero-order valence-corrected chi connectivity index (χ0v) is 13.2. The average Bonchev–Trinajstić information content (AvgIpc) is 2.64. The lowest BCUT2D eigenvalue weighted by atomic mass is 9.94. The number of nitrogens with zero attached hydrogens (tertiary/aromatic N) is 2. The molecule has 0 amide bonds. The molecule has 2 rings (SSSR count). The van der Waals surface area contributed by atoms with Crippen LogP contribution < -0.4 is 11.1 Å². The number of fused-ring (bicyclic) bond motifs is 1. The molecule has 20 heavy (non-hydrogen) atoms. The monoisotopic (exact) mass is 294 g/mol. The van der Waals surface area contributed by atoms with Crippen molar-refractivity contribution in [1.82, 2.24) is 9.97 Å². The SMILES string of the molecule is Cc1cc2c(NCC(C)(O)CC(C)C)nc(N)nc2s1. The largest absolute Gasteiger partial charge is 0.388 e. The topological polar surface area (TPSA) is 84.1 Å². The molecule has 1 atom stereocenters. The van der Waals surface area contributed by atoms with Gasteiger partial charge >= 0.3 is 0 Å². The van der Waals surface area contributed by atoms with Crippen LogP contribution in [0, 0.1) is 12.8 Å². The standard InChI is InChI=1S/C14H22N4OS/c1-8(2)6-14(4,19)7-16-11-10-5-9(3)20-12(10)18-13(15)17-11/h5,8,19H,6-7H2,1-4H3,(H3,15,16,17,18). The Balaban J connectivity index is 2.21. The predicted octanol–water partition coefficient (Wildman–Crippen LogP) is 2.79. The van der Waals surface area contributed by atoms with Crippen LogP contribution in [0.15, 0.2) is 6.07 Å². The first-order chi connectivity index (χ1) is 9.27. The van der Waals surface area contributed by atoms with Crippen molar-refractivity contribution < 1.29 is 5.11 Å². The van der Waals surface area contributed by atoms with Crippen LogP contribution in [0.1, 0.15) is 32.1 Å². The summed E-state index contributed by atoms with van der Waals surface area (Å²) < 4.78 is 0. The van der Waals surface area contributed by atoms with Crippen molar-refractivity contribution in [2.45, 2.75) is 39.7 Å². The highest BCUT2D eigenvalue weighted by atomic mass is 32.1. The van der Waals surface area contributed by atoms with E-state index in [-0.39, 0.29) is 5.95 Å². The second-order valence-corrected chi connectivity index (χ2v) is 7.19. The molecule has 6 heteroatoms.